The Morgan fingerprint density at radius 1 is 0.694 bits per heavy atom. The van der Waals surface area contributed by atoms with Gasteiger partial charge in [0.1, 0.15) is 11.6 Å². The minimum absolute atomic E-state index is 0.198. The Hall–Kier alpha value is -4.46. The highest BCUT2D eigenvalue weighted by molar-refractivity contribution is 5.25. The number of hydrogen-bond donors (Lipinski definition) is 1. The molecular weight excluding hydrogens is 450 g/mol. The van der Waals surface area contributed by atoms with Gasteiger partial charge < -0.3 is 0 Å². The number of aromatic nitrogens is 6. The molecule has 3 aromatic carbocycles. The van der Waals surface area contributed by atoms with Gasteiger partial charge in [0.25, 0.3) is 0 Å². The van der Waals surface area contributed by atoms with Gasteiger partial charge in [-0.3, -0.25) is 14.5 Å². The molecule has 182 valence electrons. The molecule has 0 aliphatic carbocycles. The summed E-state index contributed by atoms with van der Waals surface area (Å²) in [5.74, 6) is 1.29. The van der Waals surface area contributed by atoms with Crippen molar-refractivity contribution in [2.75, 3.05) is 0 Å². The molecule has 1 N–H and O–H groups in total. The predicted octanol–water partition coefficient (Wildman–Crippen LogP) is 3.64. The van der Waals surface area contributed by atoms with Gasteiger partial charge in [0, 0.05) is 0 Å². The minimum atomic E-state index is -0.697. The third kappa shape index (κ3) is 4.45. The van der Waals surface area contributed by atoms with Crippen molar-refractivity contribution in [2.24, 2.45) is 0 Å². The Bertz CT molecular complexity index is 1490. The molecule has 0 saturated heterocycles. The fourth-order valence-electron chi connectivity index (χ4n) is 4.41. The molecule has 8 nitrogen and oxygen atoms in total. The Morgan fingerprint density at radius 3 is 1.78 bits per heavy atom. The first-order valence-electron chi connectivity index (χ1n) is 11.9. The Morgan fingerprint density at radius 2 is 1.19 bits per heavy atom. The van der Waals surface area contributed by atoms with Crippen LogP contribution in [0.3, 0.4) is 0 Å². The molecule has 0 aliphatic heterocycles. The first-order chi connectivity index (χ1) is 17.4. The monoisotopic (exact) mass is 479 g/mol. The van der Waals surface area contributed by atoms with Crippen molar-refractivity contribution in [3.63, 3.8) is 0 Å². The van der Waals surface area contributed by atoms with Gasteiger partial charge in [0.2, 0.25) is 5.62 Å². The number of nitrogens with zero attached hydrogens (tertiary/aromatic N) is 6. The summed E-state index contributed by atoms with van der Waals surface area (Å²) in [5, 5.41) is 18.4. The van der Waals surface area contributed by atoms with Crippen molar-refractivity contribution in [1.29, 1.82) is 5.41 Å². The van der Waals surface area contributed by atoms with Crippen LogP contribution in [0.25, 0.3) is 0 Å². The normalized spacial score (nSPS) is 12.1. The van der Waals surface area contributed by atoms with E-state index < -0.39 is 6.17 Å². The summed E-state index contributed by atoms with van der Waals surface area (Å²) >= 11 is 0. The summed E-state index contributed by atoms with van der Waals surface area (Å²) in [6.07, 6.45) is -0.697. The first kappa shape index (κ1) is 23.3. The maximum Gasteiger partial charge on any atom is 0.348 e. The number of benzene rings is 3. The molecule has 0 fully saturated rings. The van der Waals surface area contributed by atoms with Gasteiger partial charge in [-0.2, -0.15) is 14.9 Å². The molecule has 2 aromatic heterocycles. The molecule has 5 aromatic rings. The van der Waals surface area contributed by atoms with Crippen LogP contribution in [0.2, 0.25) is 0 Å². The molecular formula is C28H29N7O. The van der Waals surface area contributed by atoms with E-state index >= 15 is 0 Å². The van der Waals surface area contributed by atoms with Crippen molar-refractivity contribution in [1.82, 2.24) is 28.7 Å². The van der Waals surface area contributed by atoms with Gasteiger partial charge in [-0.1, -0.05) is 90.5 Å². The minimum Gasteiger partial charge on any atom is -0.293 e. The van der Waals surface area contributed by atoms with Crippen molar-refractivity contribution < 1.29 is 0 Å². The van der Waals surface area contributed by atoms with E-state index in [1.807, 2.05) is 110 Å². The third-order valence-corrected chi connectivity index (χ3v) is 6.39. The molecule has 0 radical (unpaired) electrons. The summed E-state index contributed by atoms with van der Waals surface area (Å²) in [4.78, 5) is 13.7. The van der Waals surface area contributed by atoms with E-state index in [1.165, 1.54) is 4.68 Å². The lowest BCUT2D eigenvalue weighted by Gasteiger charge is -2.17. The van der Waals surface area contributed by atoms with Crippen LogP contribution >= 0.6 is 0 Å². The van der Waals surface area contributed by atoms with Gasteiger partial charge >= 0.3 is 5.69 Å². The molecule has 0 amide bonds. The second-order valence-corrected chi connectivity index (χ2v) is 9.02. The SMILES string of the molecule is Cc1ccc(C(n2nc(C)n(Cc3ccccc3)c2=N)n2nc(C)n(Cc3ccccc3)c2=O)cc1. The zero-order chi connectivity index (χ0) is 25.2. The Labute approximate surface area is 209 Å². The van der Waals surface area contributed by atoms with Crippen molar-refractivity contribution in [3.05, 3.63) is 135 Å². The number of nitrogens with one attached hydrogen (secondary N) is 1. The summed E-state index contributed by atoms with van der Waals surface area (Å²) in [7, 11) is 0. The maximum absolute atomic E-state index is 13.7. The van der Waals surface area contributed by atoms with E-state index in [1.54, 1.807) is 9.25 Å². The summed E-state index contributed by atoms with van der Waals surface area (Å²) in [5.41, 5.74) is 3.98. The number of rotatable bonds is 7. The maximum atomic E-state index is 13.7. The van der Waals surface area contributed by atoms with Crippen LogP contribution in [-0.2, 0) is 13.1 Å². The molecule has 2 heterocycles. The van der Waals surface area contributed by atoms with Crippen LogP contribution in [0.5, 0.6) is 0 Å². The van der Waals surface area contributed by atoms with Gasteiger partial charge in [0.05, 0.1) is 13.1 Å². The zero-order valence-corrected chi connectivity index (χ0v) is 20.7. The highest BCUT2D eigenvalue weighted by atomic mass is 16.2. The second kappa shape index (κ2) is 9.65. The van der Waals surface area contributed by atoms with E-state index in [0.29, 0.717) is 24.7 Å². The van der Waals surface area contributed by atoms with E-state index in [-0.39, 0.29) is 11.3 Å². The predicted molar refractivity (Wildman–Crippen MR) is 138 cm³/mol. The lowest BCUT2D eigenvalue weighted by Crippen LogP contribution is -2.38. The standard InChI is InChI=1S/C28H29N7O/c1-20-14-16-25(17-15-20)26(34-27(29)32(21(2)30-34)18-23-10-6-4-7-11-23)35-28(36)33(22(3)31-35)19-24-12-8-5-9-13-24/h4-17,26,29H,18-19H2,1-3H3. The zero-order valence-electron chi connectivity index (χ0n) is 20.7. The molecule has 5 rings (SSSR count). The van der Waals surface area contributed by atoms with Gasteiger partial charge in [0.15, 0.2) is 6.17 Å². The van der Waals surface area contributed by atoms with Crippen molar-refractivity contribution >= 4 is 0 Å². The van der Waals surface area contributed by atoms with Gasteiger partial charge in [-0.15, -0.1) is 0 Å². The first-order valence-corrected chi connectivity index (χ1v) is 11.9. The Kier molecular flexibility index (Phi) is 6.25. The Balaban J connectivity index is 1.63. The molecule has 8 heteroatoms. The van der Waals surface area contributed by atoms with E-state index in [4.69, 9.17) is 10.5 Å². The average molecular weight is 480 g/mol. The van der Waals surface area contributed by atoms with Crippen LogP contribution in [0.4, 0.5) is 0 Å². The fraction of sp³-hybridized carbons (Fsp3) is 0.214. The largest absolute Gasteiger partial charge is 0.348 e. The highest BCUT2D eigenvalue weighted by Crippen LogP contribution is 2.19. The van der Waals surface area contributed by atoms with Crippen LogP contribution < -0.4 is 11.3 Å². The molecule has 0 saturated carbocycles. The molecule has 0 bridgehead atoms. The summed E-state index contributed by atoms with van der Waals surface area (Å²) in [6, 6.07) is 27.8. The average Bonchev–Trinajstić information content (AvgIpc) is 3.32. The molecule has 1 unspecified atom stereocenters. The third-order valence-electron chi connectivity index (χ3n) is 6.39. The number of hydrogen-bond acceptors (Lipinski definition) is 4. The highest BCUT2D eigenvalue weighted by Gasteiger charge is 2.26. The van der Waals surface area contributed by atoms with Crippen molar-refractivity contribution in [3.8, 4) is 0 Å². The van der Waals surface area contributed by atoms with Crippen LogP contribution in [0, 0.1) is 26.2 Å². The van der Waals surface area contributed by atoms with Crippen LogP contribution in [-0.4, -0.2) is 28.7 Å². The van der Waals surface area contributed by atoms with E-state index in [2.05, 4.69) is 5.10 Å². The topological polar surface area (TPSA) is 86.4 Å². The smallest absolute Gasteiger partial charge is 0.293 e. The van der Waals surface area contributed by atoms with E-state index in [0.717, 1.165) is 22.3 Å². The van der Waals surface area contributed by atoms with Crippen molar-refractivity contribution in [2.45, 2.75) is 40.0 Å². The van der Waals surface area contributed by atoms with Crippen LogP contribution in [0.15, 0.2) is 89.7 Å². The fourth-order valence-corrected chi connectivity index (χ4v) is 4.41. The second-order valence-electron chi connectivity index (χ2n) is 9.02. The lowest BCUT2D eigenvalue weighted by atomic mass is 10.1. The quantitative estimate of drug-likeness (QED) is 0.387. The van der Waals surface area contributed by atoms with Gasteiger partial charge in [-0.25, -0.2) is 9.48 Å². The van der Waals surface area contributed by atoms with Crippen LogP contribution in [0.1, 0.15) is 40.1 Å². The lowest BCUT2D eigenvalue weighted by molar-refractivity contribution is 0.383. The molecule has 36 heavy (non-hydrogen) atoms. The number of aryl methyl sites for hydroxylation is 3. The molecule has 0 aliphatic rings. The molecule has 1 atom stereocenters. The molecule has 0 spiro atoms. The van der Waals surface area contributed by atoms with Gasteiger partial charge in [-0.05, 0) is 37.5 Å². The summed E-state index contributed by atoms with van der Waals surface area (Å²) in [6.45, 7) is 6.67. The van der Waals surface area contributed by atoms with E-state index in [9.17, 15) is 4.79 Å². The summed E-state index contributed by atoms with van der Waals surface area (Å²) < 4.78 is 6.54.